The summed E-state index contributed by atoms with van der Waals surface area (Å²) in [7, 11) is 0. The van der Waals surface area contributed by atoms with E-state index in [-0.39, 0.29) is 0 Å². The molecule has 1 fully saturated rings. The van der Waals surface area contributed by atoms with Gasteiger partial charge in [-0.1, -0.05) is 46.8 Å². The first-order valence-corrected chi connectivity index (χ1v) is 5.65. The van der Waals surface area contributed by atoms with Crippen LogP contribution in [-0.4, -0.2) is 12.6 Å². The molecule has 1 nitrogen and oxygen atoms in total. The number of rotatable bonds is 4. The molecule has 1 saturated carbocycles. The van der Waals surface area contributed by atoms with Crippen LogP contribution in [0.3, 0.4) is 0 Å². The second-order valence-corrected chi connectivity index (χ2v) is 5.80. The van der Waals surface area contributed by atoms with Gasteiger partial charge in [0, 0.05) is 6.04 Å². The maximum Gasteiger partial charge on any atom is 0.0313 e. The summed E-state index contributed by atoms with van der Waals surface area (Å²) in [6.07, 6.45) is 0. The summed E-state index contributed by atoms with van der Waals surface area (Å²) in [5.41, 5.74) is 2.16. The van der Waals surface area contributed by atoms with Crippen LogP contribution in [0.1, 0.15) is 41.5 Å². The van der Waals surface area contributed by atoms with Crippen molar-refractivity contribution in [1.29, 1.82) is 0 Å². The highest BCUT2D eigenvalue weighted by molar-refractivity contribution is 5.22. The standard InChI is InChI=1S/C13H25N/c1-8-14-10(9(2)3)11-12(4,5)13(11,6)7/h10-11,14H,2,8H2,1,3-7H3. The summed E-state index contributed by atoms with van der Waals surface area (Å²) >= 11 is 0. The molecule has 1 unspecified atom stereocenters. The van der Waals surface area contributed by atoms with Crippen LogP contribution in [0.25, 0.3) is 0 Å². The second-order valence-electron chi connectivity index (χ2n) is 5.80. The van der Waals surface area contributed by atoms with Gasteiger partial charge in [0.25, 0.3) is 0 Å². The first kappa shape index (κ1) is 11.8. The van der Waals surface area contributed by atoms with Crippen molar-refractivity contribution in [2.24, 2.45) is 16.7 Å². The van der Waals surface area contributed by atoms with E-state index in [9.17, 15) is 0 Å². The molecule has 0 saturated heterocycles. The van der Waals surface area contributed by atoms with Crippen molar-refractivity contribution in [3.05, 3.63) is 12.2 Å². The highest BCUT2D eigenvalue weighted by atomic mass is 15.0. The highest BCUT2D eigenvalue weighted by Crippen LogP contribution is 2.70. The second kappa shape index (κ2) is 3.37. The molecule has 1 rings (SSSR count). The number of hydrogen-bond acceptors (Lipinski definition) is 1. The Morgan fingerprint density at radius 2 is 1.71 bits per heavy atom. The Balaban J connectivity index is 2.79. The molecular formula is C13H25N. The Morgan fingerprint density at radius 3 is 1.93 bits per heavy atom. The summed E-state index contributed by atoms with van der Waals surface area (Å²) in [5.74, 6) is 0.729. The smallest absolute Gasteiger partial charge is 0.0313 e. The van der Waals surface area contributed by atoms with Crippen LogP contribution in [0.15, 0.2) is 12.2 Å². The van der Waals surface area contributed by atoms with E-state index in [4.69, 9.17) is 0 Å². The lowest BCUT2D eigenvalue weighted by Crippen LogP contribution is -2.33. The molecule has 1 aliphatic carbocycles. The lowest BCUT2D eigenvalue weighted by atomic mass is 9.98. The number of nitrogens with one attached hydrogen (secondary N) is 1. The predicted octanol–water partition coefficient (Wildman–Crippen LogP) is 3.22. The van der Waals surface area contributed by atoms with Gasteiger partial charge >= 0.3 is 0 Å². The molecule has 0 heterocycles. The molecular weight excluding hydrogens is 170 g/mol. The third-order valence-electron chi connectivity index (χ3n) is 4.42. The van der Waals surface area contributed by atoms with Gasteiger partial charge in [0.2, 0.25) is 0 Å². The summed E-state index contributed by atoms with van der Waals surface area (Å²) in [4.78, 5) is 0. The molecule has 0 aromatic rings. The average molecular weight is 195 g/mol. The molecule has 0 radical (unpaired) electrons. The van der Waals surface area contributed by atoms with Crippen LogP contribution < -0.4 is 5.32 Å². The summed E-state index contributed by atoms with van der Waals surface area (Å²) in [6, 6.07) is 0.491. The monoisotopic (exact) mass is 195 g/mol. The van der Waals surface area contributed by atoms with Gasteiger partial charge in [-0.2, -0.15) is 0 Å². The van der Waals surface area contributed by atoms with E-state index in [2.05, 4.69) is 53.4 Å². The topological polar surface area (TPSA) is 12.0 Å². The van der Waals surface area contributed by atoms with Gasteiger partial charge in [-0.3, -0.25) is 0 Å². The maximum atomic E-state index is 4.10. The zero-order chi connectivity index (χ0) is 11.1. The molecule has 1 N–H and O–H groups in total. The van der Waals surface area contributed by atoms with E-state index in [1.54, 1.807) is 0 Å². The Hall–Kier alpha value is -0.300. The largest absolute Gasteiger partial charge is 0.310 e. The van der Waals surface area contributed by atoms with Gasteiger partial charge in [-0.25, -0.2) is 0 Å². The fourth-order valence-electron chi connectivity index (χ4n) is 2.88. The molecule has 14 heavy (non-hydrogen) atoms. The summed E-state index contributed by atoms with van der Waals surface area (Å²) in [5, 5.41) is 3.56. The van der Waals surface area contributed by atoms with Crippen LogP contribution in [0, 0.1) is 16.7 Å². The summed E-state index contributed by atoms with van der Waals surface area (Å²) < 4.78 is 0. The van der Waals surface area contributed by atoms with Crippen LogP contribution in [-0.2, 0) is 0 Å². The molecule has 0 amide bonds. The van der Waals surface area contributed by atoms with Crippen molar-refractivity contribution < 1.29 is 0 Å². The maximum absolute atomic E-state index is 4.10. The van der Waals surface area contributed by atoms with Crippen molar-refractivity contribution in [3.8, 4) is 0 Å². The Labute approximate surface area is 89.0 Å². The van der Waals surface area contributed by atoms with E-state index in [0.29, 0.717) is 16.9 Å². The Bertz CT molecular complexity index is 224. The van der Waals surface area contributed by atoms with Crippen LogP contribution >= 0.6 is 0 Å². The van der Waals surface area contributed by atoms with Crippen molar-refractivity contribution in [3.63, 3.8) is 0 Å². The summed E-state index contributed by atoms with van der Waals surface area (Å²) in [6.45, 7) is 18.9. The van der Waals surface area contributed by atoms with Gasteiger partial charge in [-0.05, 0) is 30.2 Å². The molecule has 82 valence electrons. The number of likely N-dealkylation sites (N-methyl/N-ethyl adjacent to an activating group) is 1. The van der Waals surface area contributed by atoms with Gasteiger partial charge in [0.05, 0.1) is 0 Å². The quantitative estimate of drug-likeness (QED) is 0.679. The first-order valence-electron chi connectivity index (χ1n) is 5.65. The Morgan fingerprint density at radius 1 is 1.29 bits per heavy atom. The third kappa shape index (κ3) is 1.52. The molecule has 1 atom stereocenters. The van der Waals surface area contributed by atoms with Crippen molar-refractivity contribution in [1.82, 2.24) is 5.32 Å². The average Bonchev–Trinajstić information content (AvgIpc) is 2.40. The zero-order valence-electron chi connectivity index (χ0n) is 10.6. The lowest BCUT2D eigenvalue weighted by Gasteiger charge is -2.20. The third-order valence-corrected chi connectivity index (χ3v) is 4.42. The van der Waals surface area contributed by atoms with E-state index in [0.717, 1.165) is 12.5 Å². The predicted molar refractivity (Wildman–Crippen MR) is 63.3 cm³/mol. The van der Waals surface area contributed by atoms with E-state index >= 15 is 0 Å². The molecule has 1 heteroatoms. The van der Waals surface area contributed by atoms with Gasteiger partial charge in [0.1, 0.15) is 0 Å². The SMILES string of the molecule is C=C(C)C(NCC)C1C(C)(C)C1(C)C. The molecule has 0 aromatic heterocycles. The van der Waals surface area contributed by atoms with Gasteiger partial charge in [0.15, 0.2) is 0 Å². The molecule has 0 spiro atoms. The van der Waals surface area contributed by atoms with E-state index in [1.165, 1.54) is 5.57 Å². The van der Waals surface area contributed by atoms with Crippen LogP contribution in [0.2, 0.25) is 0 Å². The molecule has 0 aromatic carbocycles. The van der Waals surface area contributed by atoms with Crippen molar-refractivity contribution >= 4 is 0 Å². The lowest BCUT2D eigenvalue weighted by molar-refractivity contribution is 0.451. The van der Waals surface area contributed by atoms with Gasteiger partial charge < -0.3 is 5.32 Å². The molecule has 1 aliphatic rings. The normalized spacial score (nSPS) is 25.9. The minimum atomic E-state index is 0.443. The Kier molecular flexibility index (Phi) is 2.84. The van der Waals surface area contributed by atoms with Crippen LogP contribution in [0.4, 0.5) is 0 Å². The number of hydrogen-bond donors (Lipinski definition) is 1. The zero-order valence-corrected chi connectivity index (χ0v) is 10.6. The fourth-order valence-corrected chi connectivity index (χ4v) is 2.88. The first-order chi connectivity index (χ1) is 6.26. The highest BCUT2D eigenvalue weighted by Gasteiger charge is 2.66. The molecule has 0 bridgehead atoms. The minimum Gasteiger partial charge on any atom is -0.310 e. The van der Waals surface area contributed by atoms with E-state index < -0.39 is 0 Å². The van der Waals surface area contributed by atoms with E-state index in [1.807, 2.05) is 0 Å². The fraction of sp³-hybridized carbons (Fsp3) is 0.846. The van der Waals surface area contributed by atoms with Crippen LogP contribution in [0.5, 0.6) is 0 Å². The van der Waals surface area contributed by atoms with Crippen molar-refractivity contribution in [2.75, 3.05) is 6.54 Å². The van der Waals surface area contributed by atoms with Crippen molar-refractivity contribution in [2.45, 2.75) is 47.6 Å². The molecule has 0 aliphatic heterocycles. The van der Waals surface area contributed by atoms with Gasteiger partial charge in [-0.15, -0.1) is 0 Å². The minimum absolute atomic E-state index is 0.443.